The van der Waals surface area contributed by atoms with Gasteiger partial charge >= 0.3 is 0 Å². The van der Waals surface area contributed by atoms with Crippen LogP contribution in [0, 0.1) is 5.82 Å². The van der Waals surface area contributed by atoms with Crippen LogP contribution in [0.3, 0.4) is 0 Å². The minimum atomic E-state index is -0.368. The number of thiazole rings is 1. The Hall–Kier alpha value is -2.85. The lowest BCUT2D eigenvalue weighted by Gasteiger charge is -2.26. The highest BCUT2D eigenvalue weighted by Crippen LogP contribution is 2.29. The van der Waals surface area contributed by atoms with Crippen LogP contribution in [0.15, 0.2) is 47.8 Å². The van der Waals surface area contributed by atoms with Crippen molar-refractivity contribution in [1.82, 2.24) is 19.9 Å². The Balaban J connectivity index is 1.35. The largest absolute Gasteiger partial charge is 0.336 e. The van der Waals surface area contributed by atoms with Gasteiger partial charge in [-0.1, -0.05) is 11.3 Å². The smallest absolute Gasteiger partial charge is 0.277 e. The summed E-state index contributed by atoms with van der Waals surface area (Å²) in [6.45, 7) is 1.05. The predicted molar refractivity (Wildman–Crippen MR) is 108 cm³/mol. The zero-order chi connectivity index (χ0) is 20.2. The van der Waals surface area contributed by atoms with Gasteiger partial charge in [0.25, 0.3) is 5.91 Å². The summed E-state index contributed by atoms with van der Waals surface area (Å²) >= 11 is 2.75. The predicted octanol–water partition coefficient (Wildman–Crippen LogP) is 3.00. The number of carbonyl (C=O) groups is 2. The molecule has 1 aliphatic heterocycles. The third-order valence-corrected chi connectivity index (χ3v) is 6.27. The normalized spacial score (nSPS) is 13.1. The number of nitrogens with one attached hydrogen (secondary N) is 1. The lowest BCUT2D eigenvalue weighted by atomic mass is 10.2. The Morgan fingerprint density at radius 3 is 2.83 bits per heavy atom. The molecule has 7 nitrogen and oxygen atoms in total. The highest BCUT2D eigenvalue weighted by molar-refractivity contribution is 8.00. The monoisotopic (exact) mass is 429 g/mol. The lowest BCUT2D eigenvalue weighted by molar-refractivity contribution is -0.129. The molecule has 0 bridgehead atoms. The topological polar surface area (TPSA) is 88.1 Å². The highest BCUT2D eigenvalue weighted by Gasteiger charge is 2.24. The zero-order valence-corrected chi connectivity index (χ0v) is 16.8. The van der Waals surface area contributed by atoms with Crippen molar-refractivity contribution in [1.29, 1.82) is 0 Å². The molecule has 3 aromatic rings. The van der Waals surface area contributed by atoms with Crippen LogP contribution in [0.4, 0.5) is 9.52 Å². The van der Waals surface area contributed by atoms with E-state index in [1.54, 1.807) is 17.0 Å². The van der Waals surface area contributed by atoms with E-state index in [2.05, 4.69) is 20.3 Å². The van der Waals surface area contributed by atoms with Crippen molar-refractivity contribution in [2.45, 2.75) is 17.9 Å². The van der Waals surface area contributed by atoms with E-state index < -0.39 is 0 Å². The van der Waals surface area contributed by atoms with Crippen molar-refractivity contribution < 1.29 is 14.0 Å². The number of rotatable bonds is 5. The molecule has 10 heteroatoms. The van der Waals surface area contributed by atoms with E-state index in [0.29, 0.717) is 24.6 Å². The first-order chi connectivity index (χ1) is 14.1. The van der Waals surface area contributed by atoms with E-state index in [0.717, 1.165) is 15.5 Å². The summed E-state index contributed by atoms with van der Waals surface area (Å²) < 4.78 is 13.0. The van der Waals surface area contributed by atoms with E-state index in [1.165, 1.54) is 53.8 Å². The second-order valence-corrected chi connectivity index (χ2v) is 8.37. The van der Waals surface area contributed by atoms with Crippen molar-refractivity contribution in [3.63, 3.8) is 0 Å². The van der Waals surface area contributed by atoms with E-state index in [1.807, 2.05) is 0 Å². The lowest BCUT2D eigenvalue weighted by Crippen LogP contribution is -2.36. The molecule has 0 saturated heterocycles. The van der Waals surface area contributed by atoms with Crippen LogP contribution in [0.25, 0.3) is 0 Å². The van der Waals surface area contributed by atoms with Crippen LogP contribution in [-0.2, 0) is 17.8 Å². The molecule has 3 heterocycles. The molecule has 0 fully saturated rings. The molecule has 2 amide bonds. The van der Waals surface area contributed by atoms with Crippen LogP contribution in [0.2, 0.25) is 0 Å². The average molecular weight is 430 g/mol. The number of fused-ring (bicyclic) bond motifs is 1. The molecule has 0 radical (unpaired) electrons. The Morgan fingerprint density at radius 1 is 1.24 bits per heavy atom. The van der Waals surface area contributed by atoms with E-state index in [4.69, 9.17) is 0 Å². The minimum Gasteiger partial charge on any atom is -0.336 e. The zero-order valence-electron chi connectivity index (χ0n) is 15.2. The van der Waals surface area contributed by atoms with Gasteiger partial charge in [0.15, 0.2) is 5.13 Å². The van der Waals surface area contributed by atoms with Crippen molar-refractivity contribution in [2.75, 3.05) is 17.6 Å². The van der Waals surface area contributed by atoms with Crippen LogP contribution in [-0.4, -0.2) is 44.0 Å². The number of benzene rings is 1. The SMILES string of the molecule is O=C(Nc1nc2c(s1)CN(C(=O)CSc1ccc(F)cc1)CC2)c1cnccn1. The second-order valence-electron chi connectivity index (χ2n) is 6.24. The maximum atomic E-state index is 13.0. The molecule has 0 saturated carbocycles. The first kappa shape index (κ1) is 19.5. The van der Waals surface area contributed by atoms with Gasteiger partial charge < -0.3 is 4.90 Å². The number of nitrogens with zero attached hydrogens (tertiary/aromatic N) is 4. The number of hydrogen-bond acceptors (Lipinski definition) is 7. The van der Waals surface area contributed by atoms with Gasteiger partial charge in [-0.15, -0.1) is 11.8 Å². The van der Waals surface area contributed by atoms with Gasteiger partial charge in [-0.25, -0.2) is 14.4 Å². The van der Waals surface area contributed by atoms with Gasteiger partial charge in [-0.2, -0.15) is 0 Å². The first-order valence-corrected chi connectivity index (χ1v) is 10.6. The molecule has 148 valence electrons. The van der Waals surface area contributed by atoms with E-state index >= 15 is 0 Å². The summed E-state index contributed by atoms with van der Waals surface area (Å²) in [6.07, 6.45) is 4.98. The number of amides is 2. The molecule has 1 N–H and O–H groups in total. The van der Waals surface area contributed by atoms with Crippen molar-refractivity contribution >= 4 is 40.0 Å². The molecule has 2 aromatic heterocycles. The molecule has 29 heavy (non-hydrogen) atoms. The number of thioether (sulfide) groups is 1. The van der Waals surface area contributed by atoms with Crippen molar-refractivity contribution in [3.8, 4) is 0 Å². The first-order valence-electron chi connectivity index (χ1n) is 8.80. The summed E-state index contributed by atoms with van der Waals surface area (Å²) in [7, 11) is 0. The van der Waals surface area contributed by atoms with E-state index in [-0.39, 0.29) is 29.1 Å². The van der Waals surface area contributed by atoms with Crippen LogP contribution in [0.5, 0.6) is 0 Å². The van der Waals surface area contributed by atoms with E-state index in [9.17, 15) is 14.0 Å². The number of carbonyl (C=O) groups excluding carboxylic acids is 2. The Kier molecular flexibility index (Phi) is 5.81. The maximum Gasteiger partial charge on any atom is 0.277 e. The molecule has 1 aliphatic rings. The number of hydrogen-bond donors (Lipinski definition) is 1. The molecule has 1 aromatic carbocycles. The second kappa shape index (κ2) is 8.66. The summed E-state index contributed by atoms with van der Waals surface area (Å²) in [5.41, 5.74) is 1.12. The number of anilines is 1. The van der Waals surface area contributed by atoms with Crippen molar-refractivity contribution in [3.05, 3.63) is 64.9 Å². The molecular formula is C19H16FN5O2S2. The third-order valence-electron chi connectivity index (χ3n) is 4.28. The molecular weight excluding hydrogens is 413 g/mol. The average Bonchev–Trinajstić information content (AvgIpc) is 3.15. The van der Waals surface area contributed by atoms with Gasteiger partial charge in [0.05, 0.1) is 24.2 Å². The van der Waals surface area contributed by atoms with Crippen LogP contribution >= 0.6 is 23.1 Å². The van der Waals surface area contributed by atoms with Crippen molar-refractivity contribution in [2.24, 2.45) is 0 Å². The van der Waals surface area contributed by atoms with Gasteiger partial charge in [0.1, 0.15) is 11.5 Å². The summed E-state index contributed by atoms with van der Waals surface area (Å²) in [6, 6.07) is 6.09. The Labute approximate surface area is 174 Å². The molecule has 4 rings (SSSR count). The summed E-state index contributed by atoms with van der Waals surface area (Å²) in [4.78, 5) is 40.7. The fraction of sp³-hybridized carbons (Fsp3) is 0.211. The molecule has 0 aliphatic carbocycles. The molecule has 0 unspecified atom stereocenters. The minimum absolute atomic E-state index is 0.0171. The summed E-state index contributed by atoms with van der Waals surface area (Å²) in [5.74, 6) is -0.358. The third kappa shape index (κ3) is 4.77. The standard InChI is InChI=1S/C19H16FN5O2S2/c20-12-1-3-13(4-2-12)28-11-17(26)25-8-5-14-16(10-25)29-19(23-14)24-18(27)15-9-21-6-7-22-15/h1-4,6-7,9H,5,8,10-11H2,(H,23,24,27). The maximum absolute atomic E-state index is 13.0. The molecule has 0 atom stereocenters. The summed E-state index contributed by atoms with van der Waals surface area (Å²) in [5, 5.41) is 3.23. The molecule has 0 spiro atoms. The number of aromatic nitrogens is 3. The van der Waals surface area contributed by atoms with Crippen LogP contribution < -0.4 is 5.32 Å². The van der Waals surface area contributed by atoms with Gasteiger partial charge in [-0.05, 0) is 24.3 Å². The fourth-order valence-electron chi connectivity index (χ4n) is 2.81. The Morgan fingerprint density at radius 2 is 2.07 bits per heavy atom. The van der Waals surface area contributed by atoms with Gasteiger partial charge in [-0.3, -0.25) is 19.9 Å². The quantitative estimate of drug-likeness (QED) is 0.628. The Bertz CT molecular complexity index is 1030. The van der Waals surface area contributed by atoms with Gasteiger partial charge in [0.2, 0.25) is 5.91 Å². The highest BCUT2D eigenvalue weighted by atomic mass is 32.2. The number of halogens is 1. The van der Waals surface area contributed by atoms with Gasteiger partial charge in [0, 0.05) is 35.1 Å². The van der Waals surface area contributed by atoms with Crippen LogP contribution in [0.1, 0.15) is 21.1 Å². The fourth-order valence-corrected chi connectivity index (χ4v) is 4.63.